The molecule has 0 atom stereocenters. The smallest absolute Gasteiger partial charge is 0.325 e. The first-order chi connectivity index (χ1) is 8.08. The van der Waals surface area contributed by atoms with Crippen LogP contribution in [0.2, 0.25) is 0 Å². The summed E-state index contributed by atoms with van der Waals surface area (Å²) in [5.41, 5.74) is 0.330. The number of aliphatic carboxylic acids is 1. The fourth-order valence-electron chi connectivity index (χ4n) is 0.936. The van der Waals surface area contributed by atoms with Crippen molar-refractivity contribution in [3.63, 3.8) is 0 Å². The van der Waals surface area contributed by atoms with Crippen LogP contribution in [0.5, 0.6) is 0 Å². The molecule has 8 heteroatoms. The Labute approximate surface area is 96.1 Å². The molecule has 0 aromatic carbocycles. The molecule has 0 radical (unpaired) electrons. The maximum Gasteiger partial charge on any atom is 0.325 e. The van der Waals surface area contributed by atoms with Gasteiger partial charge in [-0.3, -0.25) is 14.9 Å². The number of hydrogen-bond donors (Lipinski definition) is 3. The topological polar surface area (TPSA) is 121 Å². The van der Waals surface area contributed by atoms with E-state index in [1.54, 1.807) is 0 Å². The van der Waals surface area contributed by atoms with E-state index in [4.69, 9.17) is 5.11 Å². The molecule has 1 aromatic rings. The van der Waals surface area contributed by atoms with Gasteiger partial charge in [0.1, 0.15) is 6.33 Å². The van der Waals surface area contributed by atoms with Gasteiger partial charge >= 0.3 is 12.0 Å². The van der Waals surface area contributed by atoms with Crippen LogP contribution >= 0.6 is 0 Å². The monoisotopic (exact) mass is 238 g/mol. The summed E-state index contributed by atoms with van der Waals surface area (Å²) in [7, 11) is 0. The van der Waals surface area contributed by atoms with Crippen molar-refractivity contribution in [3.05, 3.63) is 18.7 Å². The van der Waals surface area contributed by atoms with E-state index >= 15 is 0 Å². The Morgan fingerprint density at radius 3 is 2.41 bits per heavy atom. The molecule has 3 N–H and O–H groups in total. The molecule has 1 rings (SSSR count). The summed E-state index contributed by atoms with van der Waals surface area (Å²) in [6.45, 7) is 0. The molecular weight excluding hydrogens is 228 g/mol. The number of amides is 3. The molecule has 1 aromatic heterocycles. The lowest BCUT2D eigenvalue weighted by molar-refractivity contribution is -0.138. The van der Waals surface area contributed by atoms with Crippen molar-refractivity contribution in [1.29, 1.82) is 0 Å². The van der Waals surface area contributed by atoms with Crippen LogP contribution in [-0.4, -0.2) is 33.0 Å². The van der Waals surface area contributed by atoms with Crippen LogP contribution in [0.25, 0.3) is 0 Å². The average Bonchev–Trinajstić information content (AvgIpc) is 2.27. The van der Waals surface area contributed by atoms with E-state index in [2.05, 4.69) is 15.3 Å². The molecule has 0 aliphatic heterocycles. The molecule has 0 spiro atoms. The first-order valence-corrected chi connectivity index (χ1v) is 4.65. The fraction of sp³-hybridized carbons (Fsp3) is 0.222. The number of aromatic nitrogens is 2. The van der Waals surface area contributed by atoms with Gasteiger partial charge in [-0.25, -0.2) is 14.8 Å². The number of hydrogen-bond acceptors (Lipinski definition) is 5. The van der Waals surface area contributed by atoms with Crippen LogP contribution in [0.3, 0.4) is 0 Å². The molecule has 1 heterocycles. The Balaban J connectivity index is 2.35. The third-order valence-electron chi connectivity index (χ3n) is 1.64. The third-order valence-corrected chi connectivity index (χ3v) is 1.64. The van der Waals surface area contributed by atoms with E-state index in [9.17, 15) is 14.4 Å². The van der Waals surface area contributed by atoms with Crippen LogP contribution < -0.4 is 10.6 Å². The number of urea groups is 1. The lowest BCUT2D eigenvalue weighted by Crippen LogP contribution is -2.34. The van der Waals surface area contributed by atoms with Crippen molar-refractivity contribution in [1.82, 2.24) is 15.3 Å². The van der Waals surface area contributed by atoms with Crippen molar-refractivity contribution < 1.29 is 19.5 Å². The summed E-state index contributed by atoms with van der Waals surface area (Å²) in [5.74, 6) is -1.77. The molecule has 0 unspecified atom stereocenters. The van der Waals surface area contributed by atoms with Crippen LogP contribution in [0.4, 0.5) is 10.5 Å². The normalized spacial score (nSPS) is 9.41. The number of nitrogens with one attached hydrogen (secondary N) is 2. The van der Waals surface area contributed by atoms with E-state index in [1.165, 1.54) is 18.7 Å². The summed E-state index contributed by atoms with van der Waals surface area (Å²) in [5, 5.41) is 12.6. The molecule has 90 valence electrons. The number of nitrogens with zero attached hydrogens (tertiary/aromatic N) is 2. The van der Waals surface area contributed by atoms with Crippen molar-refractivity contribution >= 4 is 23.6 Å². The third kappa shape index (κ3) is 5.21. The second-order valence-electron chi connectivity index (χ2n) is 3.02. The highest BCUT2D eigenvalue weighted by atomic mass is 16.4. The minimum atomic E-state index is -1.10. The van der Waals surface area contributed by atoms with Crippen molar-refractivity contribution in [2.45, 2.75) is 12.8 Å². The molecule has 17 heavy (non-hydrogen) atoms. The first kappa shape index (κ1) is 12.6. The highest BCUT2D eigenvalue weighted by Gasteiger charge is 2.09. The summed E-state index contributed by atoms with van der Waals surface area (Å²) in [6.07, 6.45) is 3.42. The molecule has 0 aliphatic carbocycles. The second-order valence-corrected chi connectivity index (χ2v) is 3.02. The Bertz CT molecular complexity index is 420. The Kier molecular flexibility index (Phi) is 4.55. The molecule has 0 saturated carbocycles. The summed E-state index contributed by atoms with van der Waals surface area (Å²) >= 11 is 0. The second kappa shape index (κ2) is 6.16. The largest absolute Gasteiger partial charge is 0.481 e. The Morgan fingerprint density at radius 1 is 1.18 bits per heavy atom. The van der Waals surface area contributed by atoms with Crippen LogP contribution in [-0.2, 0) is 9.59 Å². The quantitative estimate of drug-likeness (QED) is 0.678. The SMILES string of the molecule is O=C(O)CCC(=O)NC(=O)Nc1cncnc1. The number of carboxylic acids is 1. The minimum Gasteiger partial charge on any atom is -0.481 e. The van der Waals surface area contributed by atoms with Gasteiger partial charge in [0.15, 0.2) is 0 Å². The van der Waals surface area contributed by atoms with Gasteiger partial charge in [0.2, 0.25) is 5.91 Å². The zero-order valence-corrected chi connectivity index (χ0v) is 8.71. The van der Waals surface area contributed by atoms with Crippen molar-refractivity contribution in [2.75, 3.05) is 5.32 Å². The first-order valence-electron chi connectivity index (χ1n) is 4.65. The molecule has 0 saturated heterocycles. The highest BCUT2D eigenvalue weighted by molar-refractivity contribution is 6.01. The van der Waals surface area contributed by atoms with E-state index in [0.717, 1.165) is 0 Å². The van der Waals surface area contributed by atoms with E-state index in [0.29, 0.717) is 5.69 Å². The zero-order valence-electron chi connectivity index (χ0n) is 8.71. The zero-order chi connectivity index (χ0) is 12.7. The lowest BCUT2D eigenvalue weighted by atomic mass is 10.3. The Hall–Kier alpha value is -2.51. The van der Waals surface area contributed by atoms with Crippen LogP contribution in [0.15, 0.2) is 18.7 Å². The van der Waals surface area contributed by atoms with Crippen LogP contribution in [0, 0.1) is 0 Å². The van der Waals surface area contributed by atoms with Gasteiger partial charge < -0.3 is 10.4 Å². The number of carbonyl (C=O) groups is 3. The molecule has 0 fully saturated rings. The lowest BCUT2D eigenvalue weighted by Gasteiger charge is -2.04. The van der Waals surface area contributed by atoms with Crippen molar-refractivity contribution in [3.8, 4) is 0 Å². The number of carboxylic acid groups (broad SMARTS) is 1. The molecule has 0 aliphatic rings. The highest BCUT2D eigenvalue weighted by Crippen LogP contribution is 1.99. The van der Waals surface area contributed by atoms with Crippen molar-refractivity contribution in [2.24, 2.45) is 0 Å². The summed E-state index contributed by atoms with van der Waals surface area (Å²) in [6, 6.07) is -0.754. The average molecular weight is 238 g/mol. The van der Waals surface area contributed by atoms with Gasteiger partial charge in [-0.1, -0.05) is 0 Å². The van der Waals surface area contributed by atoms with Gasteiger partial charge in [-0.15, -0.1) is 0 Å². The van der Waals surface area contributed by atoms with Gasteiger partial charge in [0.05, 0.1) is 24.5 Å². The maximum atomic E-state index is 11.2. The standard InChI is InChI=1S/C9H10N4O4/c14-7(1-2-8(15)16)13-9(17)12-6-3-10-5-11-4-6/h3-5H,1-2H2,(H,15,16)(H2,12,13,14,17). The predicted molar refractivity (Wildman–Crippen MR) is 56.1 cm³/mol. The van der Waals surface area contributed by atoms with Gasteiger partial charge in [0, 0.05) is 6.42 Å². The molecular formula is C9H10N4O4. The molecule has 8 nitrogen and oxygen atoms in total. The minimum absolute atomic E-state index is 0.256. The predicted octanol–water partition coefficient (Wildman–Crippen LogP) is -0.0105. The number of anilines is 1. The molecule has 3 amide bonds. The maximum absolute atomic E-state index is 11.2. The summed E-state index contributed by atoms with van der Waals surface area (Å²) in [4.78, 5) is 39.8. The summed E-state index contributed by atoms with van der Waals surface area (Å²) < 4.78 is 0. The molecule has 0 bridgehead atoms. The van der Waals surface area contributed by atoms with Crippen LogP contribution in [0.1, 0.15) is 12.8 Å². The van der Waals surface area contributed by atoms with Gasteiger partial charge in [0.25, 0.3) is 0 Å². The number of rotatable bonds is 4. The van der Waals surface area contributed by atoms with Gasteiger partial charge in [-0.2, -0.15) is 0 Å². The fourth-order valence-corrected chi connectivity index (χ4v) is 0.936. The number of carbonyl (C=O) groups excluding carboxylic acids is 2. The van der Waals surface area contributed by atoms with Gasteiger partial charge in [-0.05, 0) is 0 Å². The number of imide groups is 1. The Morgan fingerprint density at radius 2 is 1.82 bits per heavy atom. The van der Waals surface area contributed by atoms with E-state index in [1.807, 2.05) is 5.32 Å². The van der Waals surface area contributed by atoms with E-state index in [-0.39, 0.29) is 12.8 Å². The van der Waals surface area contributed by atoms with E-state index < -0.39 is 17.9 Å².